The first kappa shape index (κ1) is 18.5. The van der Waals surface area contributed by atoms with Gasteiger partial charge in [-0.3, -0.25) is 9.69 Å². The number of ether oxygens (including phenoxy) is 1. The van der Waals surface area contributed by atoms with Gasteiger partial charge in [0.2, 0.25) is 5.91 Å². The number of amides is 1. The van der Waals surface area contributed by atoms with E-state index in [1.807, 2.05) is 24.3 Å². The summed E-state index contributed by atoms with van der Waals surface area (Å²) in [4.78, 5) is 20.5. The van der Waals surface area contributed by atoms with E-state index in [0.717, 1.165) is 21.8 Å². The van der Waals surface area contributed by atoms with Gasteiger partial charge in [0.05, 0.1) is 29.1 Å². The maximum Gasteiger partial charge on any atom is 0.239 e. The van der Waals surface area contributed by atoms with Gasteiger partial charge in [-0.1, -0.05) is 29.5 Å². The summed E-state index contributed by atoms with van der Waals surface area (Å²) in [5.74, 6) is 0.468. The lowest BCUT2D eigenvalue weighted by Gasteiger charge is -2.19. The molecule has 140 valence electrons. The number of methoxy groups -OCH3 is 1. The van der Waals surface area contributed by atoms with E-state index in [2.05, 4.69) is 23.2 Å². The van der Waals surface area contributed by atoms with E-state index in [4.69, 9.17) is 4.74 Å². The van der Waals surface area contributed by atoms with Crippen molar-refractivity contribution < 1.29 is 9.53 Å². The SMILES string of the molecule is COCCN(C(=O)CSc1ccc2c(c1)CCC2)c1nc2ccccc2s1. The van der Waals surface area contributed by atoms with Gasteiger partial charge in [-0.05, 0) is 54.7 Å². The van der Waals surface area contributed by atoms with Crippen molar-refractivity contribution in [3.63, 3.8) is 0 Å². The number of nitrogens with zero attached hydrogens (tertiary/aromatic N) is 2. The molecule has 0 bridgehead atoms. The van der Waals surface area contributed by atoms with Crippen molar-refractivity contribution in [2.24, 2.45) is 0 Å². The summed E-state index contributed by atoms with van der Waals surface area (Å²) >= 11 is 3.15. The molecule has 4 nitrogen and oxygen atoms in total. The Kier molecular flexibility index (Phi) is 5.76. The zero-order valence-corrected chi connectivity index (χ0v) is 16.9. The van der Waals surface area contributed by atoms with Crippen LogP contribution in [0.3, 0.4) is 0 Å². The number of benzene rings is 2. The minimum Gasteiger partial charge on any atom is -0.383 e. The van der Waals surface area contributed by atoms with Gasteiger partial charge in [0, 0.05) is 12.0 Å². The third kappa shape index (κ3) is 4.18. The van der Waals surface area contributed by atoms with Crippen LogP contribution in [-0.4, -0.2) is 36.9 Å². The molecule has 1 amide bonds. The monoisotopic (exact) mass is 398 g/mol. The van der Waals surface area contributed by atoms with Gasteiger partial charge in [-0.2, -0.15) is 0 Å². The van der Waals surface area contributed by atoms with Gasteiger partial charge >= 0.3 is 0 Å². The number of thiazole rings is 1. The molecule has 0 radical (unpaired) electrons. The highest BCUT2D eigenvalue weighted by Crippen LogP contribution is 2.31. The van der Waals surface area contributed by atoms with Crippen LogP contribution in [0.2, 0.25) is 0 Å². The molecule has 1 heterocycles. The van der Waals surface area contributed by atoms with E-state index in [-0.39, 0.29) is 5.91 Å². The Balaban J connectivity index is 1.48. The summed E-state index contributed by atoms with van der Waals surface area (Å²) in [6.07, 6.45) is 3.58. The van der Waals surface area contributed by atoms with Gasteiger partial charge < -0.3 is 4.74 Å². The number of carbonyl (C=O) groups excluding carboxylic acids is 1. The standard InChI is InChI=1S/C21H22N2O2S2/c1-25-12-11-23(21-22-18-7-2-3-8-19(18)27-21)20(24)14-26-17-10-9-15-5-4-6-16(15)13-17/h2-3,7-10,13H,4-6,11-12,14H2,1H3. The van der Waals surface area contributed by atoms with Crippen molar-refractivity contribution in [2.75, 3.05) is 30.9 Å². The number of carbonyl (C=O) groups is 1. The smallest absolute Gasteiger partial charge is 0.239 e. The van der Waals surface area contributed by atoms with Crippen LogP contribution in [0.4, 0.5) is 5.13 Å². The summed E-state index contributed by atoms with van der Waals surface area (Å²) in [5, 5.41) is 0.743. The molecule has 0 unspecified atom stereocenters. The number of rotatable bonds is 7. The van der Waals surface area contributed by atoms with Gasteiger partial charge in [0.1, 0.15) is 0 Å². The lowest BCUT2D eigenvalue weighted by Crippen LogP contribution is -2.35. The second kappa shape index (κ2) is 8.42. The van der Waals surface area contributed by atoms with Crippen molar-refractivity contribution in [3.05, 3.63) is 53.6 Å². The summed E-state index contributed by atoms with van der Waals surface area (Å²) in [5.41, 5.74) is 3.83. The largest absolute Gasteiger partial charge is 0.383 e. The van der Waals surface area contributed by atoms with Gasteiger partial charge in [-0.15, -0.1) is 11.8 Å². The van der Waals surface area contributed by atoms with Crippen molar-refractivity contribution in [1.82, 2.24) is 4.98 Å². The third-order valence-corrected chi connectivity index (χ3v) is 6.80. The van der Waals surface area contributed by atoms with Gasteiger partial charge in [0.25, 0.3) is 0 Å². The molecule has 0 aliphatic heterocycles. The van der Waals surface area contributed by atoms with E-state index in [1.165, 1.54) is 28.9 Å². The van der Waals surface area contributed by atoms with E-state index < -0.39 is 0 Å². The number of aromatic nitrogens is 1. The van der Waals surface area contributed by atoms with Crippen LogP contribution in [0, 0.1) is 0 Å². The molecule has 0 N–H and O–H groups in total. The number of aryl methyl sites for hydroxylation is 2. The quantitative estimate of drug-likeness (QED) is 0.547. The van der Waals surface area contributed by atoms with Crippen molar-refractivity contribution >= 4 is 44.4 Å². The molecule has 0 spiro atoms. The minimum absolute atomic E-state index is 0.0663. The predicted molar refractivity (Wildman–Crippen MR) is 113 cm³/mol. The van der Waals surface area contributed by atoms with Gasteiger partial charge in [-0.25, -0.2) is 4.98 Å². The highest BCUT2D eigenvalue weighted by Gasteiger charge is 2.20. The Labute approximate surface area is 167 Å². The molecule has 1 aromatic heterocycles. The molecule has 27 heavy (non-hydrogen) atoms. The molecule has 1 aliphatic carbocycles. The number of para-hydroxylation sites is 1. The zero-order valence-electron chi connectivity index (χ0n) is 15.3. The maximum atomic E-state index is 12.9. The number of fused-ring (bicyclic) bond motifs is 2. The minimum atomic E-state index is 0.0663. The number of thioether (sulfide) groups is 1. The molecular formula is C21H22N2O2S2. The van der Waals surface area contributed by atoms with Crippen LogP contribution >= 0.6 is 23.1 Å². The molecule has 0 fully saturated rings. The summed E-state index contributed by atoms with van der Waals surface area (Å²) in [7, 11) is 1.65. The zero-order chi connectivity index (χ0) is 18.6. The highest BCUT2D eigenvalue weighted by molar-refractivity contribution is 8.00. The highest BCUT2D eigenvalue weighted by atomic mass is 32.2. The third-order valence-electron chi connectivity index (χ3n) is 4.77. The summed E-state index contributed by atoms with van der Waals surface area (Å²) in [6.45, 7) is 1.01. The first-order valence-electron chi connectivity index (χ1n) is 9.14. The first-order chi connectivity index (χ1) is 13.2. The molecule has 6 heteroatoms. The van der Waals surface area contributed by atoms with Crippen LogP contribution in [0.5, 0.6) is 0 Å². The summed E-state index contributed by atoms with van der Waals surface area (Å²) in [6, 6.07) is 14.6. The topological polar surface area (TPSA) is 42.4 Å². The molecule has 4 rings (SSSR count). The Morgan fingerprint density at radius 3 is 2.93 bits per heavy atom. The van der Waals surface area contributed by atoms with E-state index in [0.29, 0.717) is 18.9 Å². The molecule has 3 aromatic rings. The fourth-order valence-corrected chi connectivity index (χ4v) is 5.19. The maximum absolute atomic E-state index is 12.9. The lowest BCUT2D eigenvalue weighted by atomic mass is 10.1. The van der Waals surface area contributed by atoms with E-state index in [1.54, 1.807) is 35.1 Å². The van der Waals surface area contributed by atoms with Gasteiger partial charge in [0.15, 0.2) is 5.13 Å². The number of anilines is 1. The van der Waals surface area contributed by atoms with Crippen molar-refractivity contribution in [2.45, 2.75) is 24.2 Å². The normalized spacial score (nSPS) is 13.1. The summed E-state index contributed by atoms with van der Waals surface area (Å²) < 4.78 is 6.30. The Bertz CT molecular complexity index is 921. The van der Waals surface area contributed by atoms with Crippen LogP contribution in [0.25, 0.3) is 10.2 Å². The van der Waals surface area contributed by atoms with E-state index >= 15 is 0 Å². The molecule has 0 atom stereocenters. The average Bonchev–Trinajstić information content (AvgIpc) is 3.32. The molecular weight excluding hydrogens is 376 g/mol. The molecule has 1 aliphatic rings. The fourth-order valence-electron chi connectivity index (χ4n) is 3.35. The number of hydrogen-bond acceptors (Lipinski definition) is 5. The fraction of sp³-hybridized carbons (Fsp3) is 0.333. The average molecular weight is 399 g/mol. The number of hydrogen-bond donors (Lipinski definition) is 0. The second-order valence-corrected chi connectivity index (χ2v) is 8.63. The van der Waals surface area contributed by atoms with Crippen LogP contribution in [0.15, 0.2) is 47.4 Å². The van der Waals surface area contributed by atoms with E-state index in [9.17, 15) is 4.79 Å². The van der Waals surface area contributed by atoms with Crippen LogP contribution < -0.4 is 4.90 Å². The Morgan fingerprint density at radius 1 is 1.22 bits per heavy atom. The van der Waals surface area contributed by atoms with Crippen LogP contribution in [-0.2, 0) is 22.4 Å². The Morgan fingerprint density at radius 2 is 2.07 bits per heavy atom. The molecule has 2 aromatic carbocycles. The van der Waals surface area contributed by atoms with Crippen molar-refractivity contribution in [3.8, 4) is 0 Å². The second-order valence-electron chi connectivity index (χ2n) is 6.58. The first-order valence-corrected chi connectivity index (χ1v) is 10.9. The van der Waals surface area contributed by atoms with Crippen LogP contribution in [0.1, 0.15) is 17.5 Å². The van der Waals surface area contributed by atoms with Crippen molar-refractivity contribution in [1.29, 1.82) is 0 Å². The predicted octanol–water partition coefficient (Wildman–Crippen LogP) is 4.56. The lowest BCUT2D eigenvalue weighted by molar-refractivity contribution is -0.116. The molecule has 0 saturated carbocycles. The molecule has 0 saturated heterocycles. The Hall–Kier alpha value is -1.89.